The van der Waals surface area contributed by atoms with Crippen LogP contribution in [0.15, 0.2) is 12.1 Å². The maximum atomic E-state index is 11.8. The first-order valence-corrected chi connectivity index (χ1v) is 8.31. The van der Waals surface area contributed by atoms with Crippen molar-refractivity contribution in [3.63, 3.8) is 0 Å². The number of hydrogen-bond acceptors (Lipinski definition) is 2. The average Bonchev–Trinajstić information content (AvgIpc) is 2.46. The second-order valence-electron chi connectivity index (χ2n) is 6.31. The van der Waals surface area contributed by atoms with Crippen LogP contribution in [0.2, 0.25) is 0 Å². The van der Waals surface area contributed by atoms with E-state index in [2.05, 4.69) is 43.5 Å². The van der Waals surface area contributed by atoms with Gasteiger partial charge in [0.15, 0.2) is 0 Å². The third kappa shape index (κ3) is 4.93. The Balaban J connectivity index is 1.69. The van der Waals surface area contributed by atoms with E-state index in [0.29, 0.717) is 19.2 Å². The van der Waals surface area contributed by atoms with E-state index in [1.165, 1.54) is 24.8 Å². The van der Waals surface area contributed by atoms with Gasteiger partial charge in [0.25, 0.3) is 0 Å². The number of rotatable bonds is 5. The van der Waals surface area contributed by atoms with Crippen LogP contribution in [-0.2, 0) is 0 Å². The molecule has 1 fully saturated rings. The minimum atomic E-state index is -0.0761. The molecule has 0 unspecified atom stereocenters. The van der Waals surface area contributed by atoms with Crippen LogP contribution in [0.25, 0.3) is 0 Å². The van der Waals surface area contributed by atoms with E-state index in [-0.39, 0.29) is 6.03 Å². The van der Waals surface area contributed by atoms with Crippen molar-refractivity contribution in [1.29, 1.82) is 0 Å². The summed E-state index contributed by atoms with van der Waals surface area (Å²) in [6.45, 7) is 7.20. The second-order valence-corrected chi connectivity index (χ2v) is 6.31. The summed E-state index contributed by atoms with van der Waals surface area (Å²) in [6.07, 6.45) is 5.94. The molecular formula is C18H28N2O2. The minimum Gasteiger partial charge on any atom is -0.491 e. The van der Waals surface area contributed by atoms with Crippen LogP contribution in [0, 0.1) is 20.8 Å². The Morgan fingerprint density at radius 1 is 1.14 bits per heavy atom. The fraction of sp³-hybridized carbons (Fsp3) is 0.611. The number of amides is 2. The lowest BCUT2D eigenvalue weighted by Gasteiger charge is -2.22. The van der Waals surface area contributed by atoms with Crippen LogP contribution in [-0.4, -0.2) is 25.2 Å². The van der Waals surface area contributed by atoms with Crippen molar-refractivity contribution in [3.8, 4) is 5.75 Å². The summed E-state index contributed by atoms with van der Waals surface area (Å²) in [4.78, 5) is 11.8. The molecule has 2 amide bonds. The maximum absolute atomic E-state index is 11.8. The minimum absolute atomic E-state index is 0.0761. The van der Waals surface area contributed by atoms with Crippen molar-refractivity contribution in [2.24, 2.45) is 0 Å². The smallest absolute Gasteiger partial charge is 0.315 e. The molecule has 1 aliphatic carbocycles. The third-order valence-electron chi connectivity index (χ3n) is 4.18. The summed E-state index contributed by atoms with van der Waals surface area (Å²) < 4.78 is 5.82. The number of urea groups is 1. The Bertz CT molecular complexity index is 485. The molecule has 22 heavy (non-hydrogen) atoms. The van der Waals surface area contributed by atoms with Crippen LogP contribution < -0.4 is 15.4 Å². The number of carbonyl (C=O) groups excluding carboxylic acids is 1. The zero-order valence-electron chi connectivity index (χ0n) is 14.0. The van der Waals surface area contributed by atoms with Crippen molar-refractivity contribution < 1.29 is 9.53 Å². The van der Waals surface area contributed by atoms with Gasteiger partial charge in [-0.25, -0.2) is 4.79 Å². The van der Waals surface area contributed by atoms with Crippen LogP contribution >= 0.6 is 0 Å². The third-order valence-corrected chi connectivity index (χ3v) is 4.18. The standard InChI is InChI=1S/C18H28N2O2/c1-13-11-14(2)17(15(3)12-13)22-10-9-19-18(21)20-16-7-5-4-6-8-16/h11-12,16H,4-10H2,1-3H3,(H2,19,20,21). The normalized spacial score (nSPS) is 15.4. The first-order chi connectivity index (χ1) is 10.6. The van der Waals surface area contributed by atoms with E-state index < -0.39 is 0 Å². The molecule has 0 aliphatic heterocycles. The Labute approximate surface area is 133 Å². The lowest BCUT2D eigenvalue weighted by Crippen LogP contribution is -2.44. The highest BCUT2D eigenvalue weighted by Crippen LogP contribution is 2.24. The topological polar surface area (TPSA) is 50.4 Å². The van der Waals surface area contributed by atoms with Gasteiger partial charge in [-0.1, -0.05) is 37.0 Å². The molecule has 4 heteroatoms. The molecular weight excluding hydrogens is 276 g/mol. The van der Waals surface area contributed by atoms with Crippen molar-refractivity contribution in [2.45, 2.75) is 58.9 Å². The number of ether oxygens (including phenoxy) is 1. The zero-order valence-corrected chi connectivity index (χ0v) is 14.0. The Hall–Kier alpha value is -1.71. The average molecular weight is 304 g/mol. The Morgan fingerprint density at radius 2 is 1.77 bits per heavy atom. The Morgan fingerprint density at radius 3 is 2.41 bits per heavy atom. The zero-order chi connectivity index (χ0) is 15.9. The van der Waals surface area contributed by atoms with Crippen molar-refractivity contribution in [2.75, 3.05) is 13.2 Å². The van der Waals surface area contributed by atoms with Gasteiger partial charge in [0.2, 0.25) is 0 Å². The number of nitrogens with one attached hydrogen (secondary N) is 2. The molecule has 0 atom stereocenters. The molecule has 2 rings (SSSR count). The van der Waals surface area contributed by atoms with Crippen molar-refractivity contribution >= 4 is 6.03 Å². The highest BCUT2D eigenvalue weighted by molar-refractivity contribution is 5.74. The molecule has 0 spiro atoms. The van der Waals surface area contributed by atoms with Crippen LogP contribution in [0.5, 0.6) is 5.75 Å². The molecule has 0 heterocycles. The summed E-state index contributed by atoms with van der Waals surface area (Å²) in [6, 6.07) is 4.50. The number of hydrogen-bond donors (Lipinski definition) is 2. The van der Waals surface area contributed by atoms with Gasteiger partial charge in [0.1, 0.15) is 12.4 Å². The van der Waals surface area contributed by atoms with Crippen molar-refractivity contribution in [3.05, 3.63) is 28.8 Å². The molecule has 122 valence electrons. The van der Waals surface area contributed by atoms with Gasteiger partial charge >= 0.3 is 6.03 Å². The molecule has 0 radical (unpaired) electrons. The van der Waals surface area contributed by atoms with Gasteiger partial charge in [0.05, 0.1) is 6.54 Å². The van der Waals surface area contributed by atoms with Crippen LogP contribution in [0.3, 0.4) is 0 Å². The fourth-order valence-electron chi connectivity index (χ4n) is 3.20. The van der Waals surface area contributed by atoms with Gasteiger partial charge in [-0.15, -0.1) is 0 Å². The number of benzene rings is 1. The summed E-state index contributed by atoms with van der Waals surface area (Å²) >= 11 is 0. The molecule has 2 N–H and O–H groups in total. The molecule has 4 nitrogen and oxygen atoms in total. The van der Waals surface area contributed by atoms with Crippen LogP contribution in [0.1, 0.15) is 48.8 Å². The Kier molecular flexibility index (Phi) is 6.10. The first kappa shape index (κ1) is 16.7. The van der Waals surface area contributed by atoms with E-state index in [1.54, 1.807) is 0 Å². The predicted molar refractivity (Wildman–Crippen MR) is 89.6 cm³/mol. The quantitative estimate of drug-likeness (QED) is 0.816. The summed E-state index contributed by atoms with van der Waals surface area (Å²) in [5, 5.41) is 5.92. The predicted octanol–water partition coefficient (Wildman–Crippen LogP) is 3.62. The maximum Gasteiger partial charge on any atom is 0.315 e. The number of carbonyl (C=O) groups is 1. The summed E-state index contributed by atoms with van der Waals surface area (Å²) in [5.74, 6) is 0.931. The monoisotopic (exact) mass is 304 g/mol. The van der Waals surface area contributed by atoms with E-state index >= 15 is 0 Å². The van der Waals surface area contributed by atoms with Gasteiger partial charge in [-0.05, 0) is 44.7 Å². The SMILES string of the molecule is Cc1cc(C)c(OCCNC(=O)NC2CCCCC2)c(C)c1. The van der Waals surface area contributed by atoms with Crippen molar-refractivity contribution in [1.82, 2.24) is 10.6 Å². The lowest BCUT2D eigenvalue weighted by molar-refractivity contribution is 0.228. The van der Waals surface area contributed by atoms with Crippen LogP contribution in [0.4, 0.5) is 4.79 Å². The number of aryl methyl sites for hydroxylation is 3. The molecule has 1 saturated carbocycles. The van der Waals surface area contributed by atoms with Gasteiger partial charge in [-0.2, -0.15) is 0 Å². The van der Waals surface area contributed by atoms with E-state index in [9.17, 15) is 4.79 Å². The fourth-order valence-corrected chi connectivity index (χ4v) is 3.20. The lowest BCUT2D eigenvalue weighted by atomic mass is 9.96. The molecule has 1 aliphatic rings. The van der Waals surface area contributed by atoms with Gasteiger partial charge in [0, 0.05) is 6.04 Å². The molecule has 0 bridgehead atoms. The molecule has 1 aromatic rings. The molecule has 0 aromatic heterocycles. The largest absolute Gasteiger partial charge is 0.491 e. The van der Waals surface area contributed by atoms with E-state index in [0.717, 1.165) is 29.7 Å². The highest BCUT2D eigenvalue weighted by Gasteiger charge is 2.15. The van der Waals surface area contributed by atoms with Gasteiger partial charge in [-0.3, -0.25) is 0 Å². The molecule has 1 aromatic carbocycles. The van der Waals surface area contributed by atoms with E-state index in [4.69, 9.17) is 4.74 Å². The first-order valence-electron chi connectivity index (χ1n) is 8.31. The summed E-state index contributed by atoms with van der Waals surface area (Å²) in [7, 11) is 0. The van der Waals surface area contributed by atoms with Gasteiger partial charge < -0.3 is 15.4 Å². The summed E-state index contributed by atoms with van der Waals surface area (Å²) in [5.41, 5.74) is 3.53. The highest BCUT2D eigenvalue weighted by atomic mass is 16.5. The second kappa shape index (κ2) is 8.06. The molecule has 0 saturated heterocycles. The van der Waals surface area contributed by atoms with E-state index in [1.807, 2.05) is 0 Å².